The maximum Gasteiger partial charge on any atom is 0.210 e. The number of Topliss-reactive ketones (excluding diaryl/α,β-unsaturated/α-hetero) is 2. The maximum absolute atomic E-state index is 12.9. The molecule has 0 saturated heterocycles. The molecule has 3 rings (SSSR count). The Bertz CT molecular complexity index is 882. The number of benzene rings is 2. The fraction of sp³-hybridized carbons (Fsp3) is 0.143. The van der Waals surface area contributed by atoms with E-state index < -0.39 is 0 Å². The van der Waals surface area contributed by atoms with Gasteiger partial charge in [0.25, 0.3) is 0 Å². The molecular weight excluding hydrogens is 298 g/mol. The molecule has 0 amide bonds. The lowest BCUT2D eigenvalue weighted by Gasteiger charge is -2.21. The normalized spacial score (nSPS) is 13.6. The van der Waals surface area contributed by atoms with E-state index in [-0.39, 0.29) is 11.6 Å². The van der Waals surface area contributed by atoms with Gasteiger partial charge in [-0.05, 0) is 32.9 Å². The molecule has 0 aliphatic heterocycles. The molecule has 0 fully saturated rings. The van der Waals surface area contributed by atoms with E-state index >= 15 is 0 Å². The fourth-order valence-corrected chi connectivity index (χ4v) is 2.73. The molecule has 0 heterocycles. The van der Waals surface area contributed by atoms with Crippen molar-refractivity contribution in [2.24, 2.45) is 0 Å². The van der Waals surface area contributed by atoms with Crippen molar-refractivity contribution in [3.63, 3.8) is 0 Å². The standard InChI is InChI=1S/C21H19NO2/c1-13(2)12-18-19(22-15-10-8-14(3)9-11-15)21(24)17-7-5-4-6-16(17)20(18)23/h4-12,22H,1-3H3. The number of hydrogen-bond acceptors (Lipinski definition) is 3. The molecule has 120 valence electrons. The fourth-order valence-electron chi connectivity index (χ4n) is 2.73. The Kier molecular flexibility index (Phi) is 4.17. The number of fused-ring (bicyclic) bond motifs is 1. The molecule has 0 bridgehead atoms. The van der Waals surface area contributed by atoms with Gasteiger partial charge in [-0.2, -0.15) is 0 Å². The lowest BCUT2D eigenvalue weighted by Crippen LogP contribution is -2.25. The molecule has 0 spiro atoms. The van der Waals surface area contributed by atoms with Gasteiger partial charge in [-0.1, -0.05) is 53.6 Å². The van der Waals surface area contributed by atoms with Gasteiger partial charge >= 0.3 is 0 Å². The van der Waals surface area contributed by atoms with E-state index in [1.54, 1.807) is 30.3 Å². The van der Waals surface area contributed by atoms with Gasteiger partial charge in [-0.3, -0.25) is 9.59 Å². The maximum atomic E-state index is 12.9. The molecule has 2 aromatic rings. The lowest BCUT2D eigenvalue weighted by atomic mass is 9.86. The SMILES string of the molecule is CC(C)=CC1=C(Nc2ccc(C)cc2)C(=O)c2ccccc2C1=O. The number of carbonyl (C=O) groups excluding carboxylic acids is 2. The Morgan fingerprint density at radius 1 is 0.875 bits per heavy atom. The van der Waals surface area contributed by atoms with Crippen LogP contribution in [0.3, 0.4) is 0 Å². The van der Waals surface area contributed by atoms with E-state index in [9.17, 15) is 9.59 Å². The smallest absolute Gasteiger partial charge is 0.210 e. The van der Waals surface area contributed by atoms with Crippen molar-refractivity contribution in [2.75, 3.05) is 5.32 Å². The molecular formula is C21H19NO2. The highest BCUT2D eigenvalue weighted by molar-refractivity contribution is 6.28. The van der Waals surface area contributed by atoms with Crippen LogP contribution in [0.1, 0.15) is 40.1 Å². The quantitative estimate of drug-likeness (QED) is 0.892. The highest BCUT2D eigenvalue weighted by Gasteiger charge is 2.31. The van der Waals surface area contributed by atoms with Crippen LogP contribution < -0.4 is 5.32 Å². The number of rotatable bonds is 3. The second-order valence-corrected chi connectivity index (χ2v) is 6.21. The first kappa shape index (κ1) is 15.9. The molecule has 1 aliphatic rings. The van der Waals surface area contributed by atoms with Crippen LogP contribution in [-0.2, 0) is 0 Å². The van der Waals surface area contributed by atoms with Crippen LogP contribution in [-0.4, -0.2) is 11.6 Å². The molecule has 0 radical (unpaired) electrons. The molecule has 2 aromatic carbocycles. The summed E-state index contributed by atoms with van der Waals surface area (Å²) < 4.78 is 0. The average Bonchev–Trinajstić information content (AvgIpc) is 2.57. The van der Waals surface area contributed by atoms with E-state index in [0.29, 0.717) is 22.4 Å². The van der Waals surface area contributed by atoms with Crippen LogP contribution in [0, 0.1) is 6.92 Å². The van der Waals surface area contributed by atoms with Crippen LogP contribution in [0.25, 0.3) is 0 Å². The number of carbonyl (C=O) groups is 2. The van der Waals surface area contributed by atoms with Crippen molar-refractivity contribution in [2.45, 2.75) is 20.8 Å². The predicted octanol–water partition coefficient (Wildman–Crippen LogP) is 4.71. The first-order valence-electron chi connectivity index (χ1n) is 7.88. The molecule has 3 nitrogen and oxygen atoms in total. The number of aryl methyl sites for hydroxylation is 1. The van der Waals surface area contributed by atoms with Gasteiger partial charge in [-0.25, -0.2) is 0 Å². The van der Waals surface area contributed by atoms with Gasteiger partial charge in [0.1, 0.15) is 0 Å². The summed E-state index contributed by atoms with van der Waals surface area (Å²) in [6, 6.07) is 14.7. The molecule has 1 aliphatic carbocycles. The van der Waals surface area contributed by atoms with Gasteiger partial charge in [-0.15, -0.1) is 0 Å². The van der Waals surface area contributed by atoms with Crippen LogP contribution in [0.4, 0.5) is 5.69 Å². The highest BCUT2D eigenvalue weighted by Crippen LogP contribution is 2.28. The zero-order valence-corrected chi connectivity index (χ0v) is 14.0. The van der Waals surface area contributed by atoms with Crippen molar-refractivity contribution in [1.82, 2.24) is 0 Å². The van der Waals surface area contributed by atoms with E-state index in [1.807, 2.05) is 45.0 Å². The summed E-state index contributed by atoms with van der Waals surface area (Å²) in [5, 5.41) is 3.15. The summed E-state index contributed by atoms with van der Waals surface area (Å²) in [7, 11) is 0. The summed E-state index contributed by atoms with van der Waals surface area (Å²) >= 11 is 0. The van der Waals surface area contributed by atoms with Crippen molar-refractivity contribution in [3.8, 4) is 0 Å². The Morgan fingerprint density at radius 2 is 1.46 bits per heavy atom. The summed E-state index contributed by atoms with van der Waals surface area (Å²) in [5.41, 5.74) is 4.55. The first-order chi connectivity index (χ1) is 11.5. The minimum atomic E-state index is -0.154. The van der Waals surface area contributed by atoms with Crippen molar-refractivity contribution in [1.29, 1.82) is 0 Å². The van der Waals surface area contributed by atoms with Gasteiger partial charge in [0, 0.05) is 16.8 Å². The number of hydrogen-bond donors (Lipinski definition) is 1. The second kappa shape index (κ2) is 6.28. The lowest BCUT2D eigenvalue weighted by molar-refractivity contribution is 0.0978. The highest BCUT2D eigenvalue weighted by atomic mass is 16.1. The Labute approximate surface area is 141 Å². The van der Waals surface area contributed by atoms with Gasteiger partial charge in [0.15, 0.2) is 5.78 Å². The van der Waals surface area contributed by atoms with Crippen LogP contribution in [0.5, 0.6) is 0 Å². The monoisotopic (exact) mass is 317 g/mol. The van der Waals surface area contributed by atoms with Gasteiger partial charge < -0.3 is 5.32 Å². The number of anilines is 1. The largest absolute Gasteiger partial charge is 0.352 e. The number of ketones is 2. The molecule has 1 N–H and O–H groups in total. The third kappa shape index (κ3) is 2.93. The zero-order valence-electron chi connectivity index (χ0n) is 14.0. The zero-order chi connectivity index (χ0) is 17.3. The van der Waals surface area contributed by atoms with E-state index in [0.717, 1.165) is 16.8 Å². The predicted molar refractivity (Wildman–Crippen MR) is 96.4 cm³/mol. The minimum Gasteiger partial charge on any atom is -0.352 e. The third-order valence-corrected chi connectivity index (χ3v) is 3.91. The number of allylic oxidation sites excluding steroid dienone is 4. The molecule has 0 atom stereocenters. The summed E-state index contributed by atoms with van der Waals surface area (Å²) in [5.74, 6) is -0.278. The van der Waals surface area contributed by atoms with E-state index in [2.05, 4.69) is 5.32 Å². The van der Waals surface area contributed by atoms with Crippen molar-refractivity contribution < 1.29 is 9.59 Å². The van der Waals surface area contributed by atoms with E-state index in [4.69, 9.17) is 0 Å². The third-order valence-electron chi connectivity index (χ3n) is 3.91. The molecule has 3 heteroatoms. The molecule has 0 unspecified atom stereocenters. The van der Waals surface area contributed by atoms with Crippen molar-refractivity contribution in [3.05, 3.63) is 88.1 Å². The summed E-state index contributed by atoms with van der Waals surface area (Å²) in [6.07, 6.45) is 1.77. The van der Waals surface area contributed by atoms with Gasteiger partial charge in [0.2, 0.25) is 5.78 Å². The Balaban J connectivity index is 2.13. The average molecular weight is 317 g/mol. The Hall–Kier alpha value is -2.94. The van der Waals surface area contributed by atoms with Crippen LogP contribution in [0.2, 0.25) is 0 Å². The summed E-state index contributed by atoms with van der Waals surface area (Å²) in [6.45, 7) is 5.83. The van der Waals surface area contributed by atoms with Crippen molar-refractivity contribution >= 4 is 17.3 Å². The Morgan fingerprint density at radius 3 is 2.04 bits per heavy atom. The second-order valence-electron chi connectivity index (χ2n) is 6.21. The topological polar surface area (TPSA) is 46.2 Å². The number of nitrogens with one attached hydrogen (secondary N) is 1. The van der Waals surface area contributed by atoms with Crippen LogP contribution in [0.15, 0.2) is 71.5 Å². The van der Waals surface area contributed by atoms with Crippen LogP contribution >= 0.6 is 0 Å². The molecule has 0 saturated carbocycles. The minimum absolute atomic E-state index is 0.124. The molecule has 24 heavy (non-hydrogen) atoms. The molecule has 0 aromatic heterocycles. The summed E-state index contributed by atoms with van der Waals surface area (Å²) in [4.78, 5) is 25.8. The van der Waals surface area contributed by atoms with Gasteiger partial charge in [0.05, 0.1) is 11.3 Å². The van der Waals surface area contributed by atoms with E-state index in [1.165, 1.54) is 0 Å². The first-order valence-corrected chi connectivity index (χ1v) is 7.88.